The van der Waals surface area contributed by atoms with Crippen LogP contribution in [0.5, 0.6) is 0 Å². The molecule has 0 radical (unpaired) electrons. The zero-order chi connectivity index (χ0) is 26.1. The maximum atomic E-state index is 12.7. The maximum absolute atomic E-state index is 12.7. The van der Waals surface area contributed by atoms with Gasteiger partial charge < -0.3 is 9.84 Å². The quantitative estimate of drug-likeness (QED) is 0.230. The fraction of sp³-hybridized carbons (Fsp3) is 0.179. The van der Waals surface area contributed by atoms with Gasteiger partial charge in [-0.1, -0.05) is 48.5 Å². The number of nitrogens with zero attached hydrogens (tertiary/aromatic N) is 2. The molecule has 0 saturated heterocycles. The Balaban J connectivity index is 1.35. The molecule has 0 bridgehead atoms. The molecule has 1 amide bonds. The van der Waals surface area contributed by atoms with Crippen molar-refractivity contribution in [2.75, 3.05) is 5.32 Å². The first-order valence-corrected chi connectivity index (χ1v) is 13.3. The van der Waals surface area contributed by atoms with Crippen LogP contribution in [0, 0.1) is 6.92 Å². The molecule has 0 saturated carbocycles. The molecule has 0 spiro atoms. The van der Waals surface area contributed by atoms with Crippen LogP contribution in [0.25, 0.3) is 30.3 Å². The molecule has 7 nitrogen and oxygen atoms in total. The van der Waals surface area contributed by atoms with Gasteiger partial charge in [0.1, 0.15) is 11.9 Å². The number of rotatable bonds is 7. The third-order valence-electron chi connectivity index (χ3n) is 6.15. The van der Waals surface area contributed by atoms with Gasteiger partial charge in [0.05, 0.1) is 18.2 Å². The number of benzene rings is 2. The summed E-state index contributed by atoms with van der Waals surface area (Å²) in [5.74, 6) is -0.257. The Hall–Kier alpha value is -3.95. The highest BCUT2D eigenvalue weighted by Crippen LogP contribution is 2.43. The first-order chi connectivity index (χ1) is 17.8. The van der Waals surface area contributed by atoms with Crippen molar-refractivity contribution in [3.63, 3.8) is 0 Å². The van der Waals surface area contributed by atoms with Crippen LogP contribution in [-0.4, -0.2) is 26.9 Å². The number of carboxylic acids is 1. The van der Waals surface area contributed by atoms with E-state index in [1.807, 2.05) is 62.4 Å². The Morgan fingerprint density at radius 1 is 1.05 bits per heavy atom. The number of carbonyl (C=O) groups excluding carboxylic acids is 1. The van der Waals surface area contributed by atoms with Gasteiger partial charge in [-0.2, -0.15) is 5.10 Å². The smallest absolute Gasteiger partial charge is 0.413 e. The van der Waals surface area contributed by atoms with Gasteiger partial charge >= 0.3 is 12.1 Å². The van der Waals surface area contributed by atoms with Crippen LogP contribution in [0.2, 0.25) is 0 Å². The minimum absolute atomic E-state index is 0.0230. The van der Waals surface area contributed by atoms with Crippen molar-refractivity contribution in [2.45, 2.75) is 26.4 Å². The zero-order valence-electron chi connectivity index (χ0n) is 20.5. The summed E-state index contributed by atoms with van der Waals surface area (Å²) in [5.41, 5.74) is 4.61. The number of amides is 1. The molecule has 2 aromatic carbocycles. The first kappa shape index (κ1) is 24.7. The highest BCUT2D eigenvalue weighted by molar-refractivity contribution is 7.31. The topological polar surface area (TPSA) is 93.5 Å². The normalized spacial score (nSPS) is 12.0. The minimum atomic E-state index is -0.830. The number of hydrogen-bond acceptors (Lipinski definition) is 6. The van der Waals surface area contributed by atoms with E-state index in [0.29, 0.717) is 5.82 Å². The van der Waals surface area contributed by atoms with Crippen molar-refractivity contribution < 1.29 is 19.4 Å². The Labute approximate surface area is 222 Å². The van der Waals surface area contributed by atoms with Gasteiger partial charge in [0.25, 0.3) is 0 Å². The van der Waals surface area contributed by atoms with Crippen LogP contribution < -0.4 is 5.32 Å². The molecule has 3 aromatic heterocycles. The van der Waals surface area contributed by atoms with Crippen molar-refractivity contribution in [2.24, 2.45) is 7.05 Å². The molecule has 3 heterocycles. The molecule has 0 aliphatic heterocycles. The van der Waals surface area contributed by atoms with Crippen molar-refractivity contribution in [1.29, 1.82) is 0 Å². The molecule has 0 aliphatic carbocycles. The third-order valence-corrected chi connectivity index (χ3v) is 8.53. The van der Waals surface area contributed by atoms with Gasteiger partial charge in [0.15, 0.2) is 0 Å². The second-order valence-electron chi connectivity index (χ2n) is 8.78. The number of carboxylic acid groups (broad SMARTS) is 1. The number of carbonyl (C=O) groups is 2. The van der Waals surface area contributed by atoms with Crippen molar-refractivity contribution in [3.8, 4) is 20.9 Å². The van der Waals surface area contributed by atoms with Crippen LogP contribution in [0.3, 0.4) is 0 Å². The van der Waals surface area contributed by atoms with Gasteiger partial charge in [0, 0.05) is 26.2 Å². The van der Waals surface area contributed by atoms with Crippen LogP contribution in [0.1, 0.15) is 29.7 Å². The maximum Gasteiger partial charge on any atom is 0.413 e. The highest BCUT2D eigenvalue weighted by Gasteiger charge is 2.19. The second-order valence-corrected chi connectivity index (χ2v) is 10.9. The summed E-state index contributed by atoms with van der Waals surface area (Å²) in [5, 5.41) is 16.3. The van der Waals surface area contributed by atoms with Crippen LogP contribution in [0.15, 0.2) is 66.9 Å². The minimum Gasteiger partial charge on any atom is -0.481 e. The van der Waals surface area contributed by atoms with E-state index in [1.165, 1.54) is 0 Å². The van der Waals surface area contributed by atoms with Gasteiger partial charge in [-0.25, -0.2) is 4.79 Å². The Bertz CT molecular complexity index is 1570. The van der Waals surface area contributed by atoms with Gasteiger partial charge in [-0.3, -0.25) is 14.8 Å². The monoisotopic (exact) mass is 531 g/mol. The largest absolute Gasteiger partial charge is 0.481 e. The number of aromatic nitrogens is 2. The molecule has 37 heavy (non-hydrogen) atoms. The summed E-state index contributed by atoms with van der Waals surface area (Å²) >= 11 is 3.32. The summed E-state index contributed by atoms with van der Waals surface area (Å²) < 4.78 is 9.49. The van der Waals surface area contributed by atoms with Crippen molar-refractivity contribution in [1.82, 2.24) is 9.78 Å². The number of ether oxygens (including phenoxy) is 1. The number of fused-ring (bicyclic) bond motifs is 1. The Morgan fingerprint density at radius 3 is 2.46 bits per heavy atom. The highest BCUT2D eigenvalue weighted by atomic mass is 32.1. The van der Waals surface area contributed by atoms with Gasteiger partial charge in [-0.15, -0.1) is 22.7 Å². The molecule has 9 heteroatoms. The lowest BCUT2D eigenvalue weighted by molar-refractivity contribution is -0.136. The van der Waals surface area contributed by atoms with Crippen molar-refractivity contribution >= 4 is 50.0 Å². The molecule has 5 aromatic rings. The predicted molar refractivity (Wildman–Crippen MR) is 148 cm³/mol. The van der Waals surface area contributed by atoms with E-state index in [9.17, 15) is 9.59 Å². The van der Waals surface area contributed by atoms with E-state index in [2.05, 4.69) is 22.5 Å². The fourth-order valence-corrected chi connectivity index (χ4v) is 6.57. The molecule has 5 rings (SSSR count). The summed E-state index contributed by atoms with van der Waals surface area (Å²) in [6.45, 7) is 3.78. The number of aliphatic carboxylic acids is 1. The van der Waals surface area contributed by atoms with E-state index < -0.39 is 12.1 Å². The SMILES string of the molecule is Cc1cc(-c2cc3sc(-c4cnn(C)c4NC(=O)OC(C)c4ccccc4)cc3s2)ccc1CC(=O)O. The average molecular weight is 532 g/mol. The standard InChI is InChI=1S/C28H25N3O4S2/c1-16-11-20(10-9-19(16)12-26(32)33)22-13-24-25(36-22)14-23(37-24)21-15-29-31(3)27(21)30-28(34)35-17(2)18-7-5-4-6-8-18/h4-11,13-15,17H,12H2,1-3H3,(H,30,34)(H,32,33). The molecule has 1 unspecified atom stereocenters. The average Bonchev–Trinajstić information content (AvgIpc) is 3.54. The number of thiophene rings is 2. The van der Waals surface area contributed by atoms with E-state index in [0.717, 1.165) is 47.0 Å². The molecular formula is C28H25N3O4S2. The lowest BCUT2D eigenvalue weighted by atomic mass is 10.0. The summed E-state index contributed by atoms with van der Waals surface area (Å²) in [6, 6.07) is 19.8. The fourth-order valence-electron chi connectivity index (χ4n) is 4.17. The van der Waals surface area contributed by atoms with E-state index >= 15 is 0 Å². The van der Waals surface area contributed by atoms with Crippen LogP contribution in [-0.2, 0) is 23.0 Å². The van der Waals surface area contributed by atoms with E-state index in [1.54, 1.807) is 40.6 Å². The molecule has 0 fully saturated rings. The molecule has 0 aliphatic rings. The molecular weight excluding hydrogens is 506 g/mol. The number of nitrogens with one attached hydrogen (secondary N) is 1. The van der Waals surface area contributed by atoms with Crippen molar-refractivity contribution in [3.05, 3.63) is 83.6 Å². The number of aryl methyl sites for hydroxylation is 2. The molecule has 1 atom stereocenters. The first-order valence-electron chi connectivity index (χ1n) is 11.7. The Morgan fingerprint density at radius 2 is 1.76 bits per heavy atom. The third kappa shape index (κ3) is 5.28. The second kappa shape index (κ2) is 10.2. The summed E-state index contributed by atoms with van der Waals surface area (Å²) in [6.07, 6.45) is 0.848. The van der Waals surface area contributed by atoms with Gasteiger partial charge in [-0.05, 0) is 48.2 Å². The van der Waals surface area contributed by atoms with Crippen LogP contribution in [0.4, 0.5) is 10.6 Å². The Kier molecular flexibility index (Phi) is 6.82. The van der Waals surface area contributed by atoms with E-state index in [-0.39, 0.29) is 12.5 Å². The van der Waals surface area contributed by atoms with E-state index in [4.69, 9.17) is 9.84 Å². The molecule has 188 valence electrons. The molecule has 2 N–H and O–H groups in total. The van der Waals surface area contributed by atoms with Gasteiger partial charge in [0.2, 0.25) is 0 Å². The lowest BCUT2D eigenvalue weighted by Gasteiger charge is -2.14. The summed E-state index contributed by atoms with van der Waals surface area (Å²) in [4.78, 5) is 25.9. The summed E-state index contributed by atoms with van der Waals surface area (Å²) in [7, 11) is 1.78. The zero-order valence-corrected chi connectivity index (χ0v) is 22.2. The number of anilines is 1. The lowest BCUT2D eigenvalue weighted by Crippen LogP contribution is -2.18. The number of hydrogen-bond donors (Lipinski definition) is 2. The van der Waals surface area contributed by atoms with Crippen LogP contribution >= 0.6 is 22.7 Å². The predicted octanol–water partition coefficient (Wildman–Crippen LogP) is 7.28.